The van der Waals surface area contributed by atoms with Crippen LogP contribution in [0.2, 0.25) is 0 Å². The number of aromatic carboxylic acids is 1. The highest BCUT2D eigenvalue weighted by atomic mass is 32.2. The largest absolute Gasteiger partial charge is 0.494 e. The molecule has 1 aliphatic heterocycles. The molecule has 0 spiro atoms. The van der Waals surface area contributed by atoms with Gasteiger partial charge in [0.2, 0.25) is 10.0 Å². The molecule has 3 N–H and O–H groups in total. The molecule has 40 heavy (non-hydrogen) atoms. The Bertz CT molecular complexity index is 1700. The second-order valence-corrected chi connectivity index (χ2v) is 11.4. The highest BCUT2D eigenvalue weighted by molar-refractivity contribution is 7.92. The molecular formula is C28H26N4O6S2. The third kappa shape index (κ3) is 5.36. The van der Waals surface area contributed by atoms with Crippen LogP contribution < -0.4 is 19.7 Å². The van der Waals surface area contributed by atoms with Gasteiger partial charge in [0, 0.05) is 23.5 Å². The van der Waals surface area contributed by atoms with E-state index >= 15 is 0 Å². The van der Waals surface area contributed by atoms with Gasteiger partial charge in [0.15, 0.2) is 5.11 Å². The molecule has 0 saturated carbocycles. The van der Waals surface area contributed by atoms with Gasteiger partial charge < -0.3 is 24.5 Å². The van der Waals surface area contributed by atoms with E-state index in [4.69, 9.17) is 21.4 Å². The summed E-state index contributed by atoms with van der Waals surface area (Å²) in [6, 6.07) is 18.4. The molecule has 12 heteroatoms. The Balaban J connectivity index is 1.59. The number of carboxylic acid groups (broad SMARTS) is 1. The summed E-state index contributed by atoms with van der Waals surface area (Å²) in [5, 5.41) is 13.1. The third-order valence-electron chi connectivity index (χ3n) is 6.51. The summed E-state index contributed by atoms with van der Waals surface area (Å²) in [5.41, 5.74) is 3.42. The predicted molar refractivity (Wildman–Crippen MR) is 155 cm³/mol. The van der Waals surface area contributed by atoms with Crippen molar-refractivity contribution in [2.24, 2.45) is 0 Å². The van der Waals surface area contributed by atoms with E-state index in [1.165, 1.54) is 7.11 Å². The number of hydrogen-bond donors (Lipinski definition) is 3. The minimum absolute atomic E-state index is 0.197. The molecular weight excluding hydrogens is 552 g/mol. The van der Waals surface area contributed by atoms with Crippen molar-refractivity contribution in [1.82, 2.24) is 10.3 Å². The number of methoxy groups -OCH3 is 1. The number of sulfonamides is 1. The average Bonchev–Trinajstić information content (AvgIpc) is 3.53. The number of aryl methyl sites for hydroxylation is 1. The number of carboxylic acids is 1. The summed E-state index contributed by atoms with van der Waals surface area (Å²) in [7, 11) is -2.07. The summed E-state index contributed by atoms with van der Waals surface area (Å²) >= 11 is 5.77. The summed E-state index contributed by atoms with van der Waals surface area (Å²) in [4.78, 5) is 17.8. The zero-order chi connectivity index (χ0) is 28.6. The topological polar surface area (TPSA) is 134 Å². The van der Waals surface area contributed by atoms with Gasteiger partial charge in [0.25, 0.3) is 0 Å². The molecule has 5 rings (SSSR count). The van der Waals surface area contributed by atoms with Crippen LogP contribution in [-0.4, -0.2) is 43.0 Å². The standard InChI is InChI=1S/C28H26N4O6S2/c1-16-14-17(27(33)34)7-9-19(16)22-11-12-23(38-22)26-25(21-6-4-5-13-29-21)30-28(39)32(26)18-8-10-20(24(15-18)37-2)31-40(3,35)36/h4-15,25-26,31H,1-3H3,(H,30,39)(H,33,34)/t25-,26-/m0/s1. The number of pyridine rings is 1. The first-order valence-corrected chi connectivity index (χ1v) is 14.5. The summed E-state index contributed by atoms with van der Waals surface area (Å²) in [5.74, 6) is 0.492. The van der Waals surface area contributed by atoms with Crippen LogP contribution in [0, 0.1) is 6.92 Å². The van der Waals surface area contributed by atoms with Crippen LogP contribution in [0.3, 0.4) is 0 Å². The van der Waals surface area contributed by atoms with E-state index < -0.39 is 22.0 Å². The number of rotatable bonds is 8. The molecule has 1 fully saturated rings. The van der Waals surface area contributed by atoms with Gasteiger partial charge in [-0.15, -0.1) is 0 Å². The van der Waals surface area contributed by atoms with Crippen molar-refractivity contribution < 1.29 is 27.5 Å². The van der Waals surface area contributed by atoms with Crippen molar-refractivity contribution in [3.8, 4) is 17.1 Å². The first-order valence-electron chi connectivity index (χ1n) is 12.2. The van der Waals surface area contributed by atoms with Crippen LogP contribution in [0.5, 0.6) is 5.75 Å². The Morgan fingerprint density at radius 2 is 1.95 bits per heavy atom. The molecule has 2 aromatic carbocycles. The number of carbonyl (C=O) groups is 1. The predicted octanol–water partition coefficient (Wildman–Crippen LogP) is 4.91. The fourth-order valence-corrected chi connectivity index (χ4v) is 5.68. The Hall–Kier alpha value is -4.42. The molecule has 1 aliphatic rings. The van der Waals surface area contributed by atoms with E-state index in [9.17, 15) is 18.3 Å². The van der Waals surface area contributed by atoms with E-state index in [0.29, 0.717) is 33.8 Å². The Kier molecular flexibility index (Phi) is 7.21. The summed E-state index contributed by atoms with van der Waals surface area (Å²) < 4.78 is 38.0. The van der Waals surface area contributed by atoms with Crippen molar-refractivity contribution in [2.45, 2.75) is 19.0 Å². The molecule has 206 valence electrons. The van der Waals surface area contributed by atoms with Gasteiger partial charge in [-0.25, -0.2) is 13.2 Å². The molecule has 3 heterocycles. The lowest BCUT2D eigenvalue weighted by atomic mass is 10.0. The van der Waals surface area contributed by atoms with Crippen LogP contribution >= 0.6 is 12.2 Å². The number of nitrogens with zero attached hydrogens (tertiary/aromatic N) is 2. The van der Waals surface area contributed by atoms with E-state index in [1.54, 1.807) is 42.6 Å². The molecule has 2 atom stereocenters. The van der Waals surface area contributed by atoms with E-state index in [-0.39, 0.29) is 11.6 Å². The first-order chi connectivity index (χ1) is 19.1. The number of benzene rings is 2. The van der Waals surface area contributed by atoms with Gasteiger partial charge >= 0.3 is 5.97 Å². The number of nitrogens with one attached hydrogen (secondary N) is 2. The smallest absolute Gasteiger partial charge is 0.335 e. The number of ether oxygens (including phenoxy) is 1. The first kappa shape index (κ1) is 27.2. The average molecular weight is 579 g/mol. The zero-order valence-electron chi connectivity index (χ0n) is 21.8. The van der Waals surface area contributed by atoms with Gasteiger partial charge in [0.1, 0.15) is 23.3 Å². The fraction of sp³-hybridized carbons (Fsp3) is 0.179. The van der Waals surface area contributed by atoms with E-state index in [2.05, 4.69) is 15.0 Å². The quantitative estimate of drug-likeness (QED) is 0.248. The molecule has 10 nitrogen and oxygen atoms in total. The Labute approximate surface area is 236 Å². The molecule has 0 bridgehead atoms. The monoisotopic (exact) mass is 578 g/mol. The third-order valence-corrected chi connectivity index (χ3v) is 7.42. The lowest BCUT2D eigenvalue weighted by Gasteiger charge is -2.27. The number of aromatic nitrogens is 1. The molecule has 0 amide bonds. The van der Waals surface area contributed by atoms with Crippen LogP contribution in [0.15, 0.2) is 77.3 Å². The van der Waals surface area contributed by atoms with Gasteiger partial charge in [-0.1, -0.05) is 12.1 Å². The highest BCUT2D eigenvalue weighted by Gasteiger charge is 2.43. The van der Waals surface area contributed by atoms with Crippen molar-refractivity contribution in [3.63, 3.8) is 0 Å². The molecule has 2 aromatic heterocycles. The molecule has 1 saturated heterocycles. The highest BCUT2D eigenvalue weighted by Crippen LogP contribution is 2.44. The number of hydrogen-bond acceptors (Lipinski definition) is 7. The van der Waals surface area contributed by atoms with Crippen LogP contribution in [0.4, 0.5) is 11.4 Å². The summed E-state index contributed by atoms with van der Waals surface area (Å²) in [6.45, 7) is 1.83. The van der Waals surface area contributed by atoms with Gasteiger partial charge in [0.05, 0.1) is 36.4 Å². The summed E-state index contributed by atoms with van der Waals surface area (Å²) in [6.07, 6.45) is 2.77. The van der Waals surface area contributed by atoms with Crippen molar-refractivity contribution >= 4 is 44.7 Å². The Morgan fingerprint density at radius 1 is 1.15 bits per heavy atom. The maximum Gasteiger partial charge on any atom is 0.335 e. The second kappa shape index (κ2) is 10.6. The van der Waals surface area contributed by atoms with Crippen molar-refractivity contribution in [2.75, 3.05) is 23.0 Å². The number of furan rings is 1. The van der Waals surface area contributed by atoms with Crippen LogP contribution in [0.1, 0.15) is 39.5 Å². The lowest BCUT2D eigenvalue weighted by molar-refractivity contribution is 0.0696. The minimum atomic E-state index is -3.52. The van der Waals surface area contributed by atoms with E-state index in [1.807, 2.05) is 42.2 Å². The minimum Gasteiger partial charge on any atom is -0.494 e. The van der Waals surface area contributed by atoms with Crippen molar-refractivity contribution in [3.05, 3.63) is 95.5 Å². The van der Waals surface area contributed by atoms with Crippen LogP contribution in [-0.2, 0) is 10.0 Å². The molecule has 0 unspecified atom stereocenters. The van der Waals surface area contributed by atoms with Gasteiger partial charge in [-0.05, 0) is 73.2 Å². The molecule has 4 aromatic rings. The fourth-order valence-electron chi connectivity index (χ4n) is 4.77. The molecule has 0 radical (unpaired) electrons. The zero-order valence-corrected chi connectivity index (χ0v) is 23.4. The lowest BCUT2D eigenvalue weighted by Crippen LogP contribution is -2.29. The number of anilines is 2. The Morgan fingerprint density at radius 3 is 2.60 bits per heavy atom. The van der Waals surface area contributed by atoms with Crippen molar-refractivity contribution in [1.29, 1.82) is 0 Å². The maximum absolute atomic E-state index is 11.8. The van der Waals surface area contributed by atoms with Gasteiger partial charge in [-0.3, -0.25) is 9.71 Å². The maximum atomic E-state index is 11.8. The SMILES string of the molecule is COc1cc(N2C(=S)N[C@@H](c3ccccn3)[C@@H]2c2ccc(-c3ccc(C(=O)O)cc3C)o2)ccc1NS(C)(=O)=O. The molecule has 0 aliphatic carbocycles. The van der Waals surface area contributed by atoms with Gasteiger partial charge in [-0.2, -0.15) is 0 Å². The number of thiocarbonyl (C=S) groups is 1. The second-order valence-electron chi connectivity index (χ2n) is 9.29. The van der Waals surface area contributed by atoms with Crippen LogP contribution in [0.25, 0.3) is 11.3 Å². The van der Waals surface area contributed by atoms with E-state index in [0.717, 1.165) is 23.1 Å². The normalized spacial score (nSPS) is 17.0.